The van der Waals surface area contributed by atoms with Crippen LogP contribution >= 0.6 is 0 Å². The van der Waals surface area contributed by atoms with Crippen LogP contribution in [-0.2, 0) is 11.2 Å². The van der Waals surface area contributed by atoms with E-state index in [2.05, 4.69) is 50.4 Å². The number of hydrogen-bond donors (Lipinski definition) is 1. The van der Waals surface area contributed by atoms with Gasteiger partial charge in [0, 0.05) is 13.2 Å². The Bertz CT molecular complexity index is 427. The summed E-state index contributed by atoms with van der Waals surface area (Å²) in [6.45, 7) is 7.69. The summed E-state index contributed by atoms with van der Waals surface area (Å²) in [5.74, 6) is 0.730. The van der Waals surface area contributed by atoms with Gasteiger partial charge in [0.1, 0.15) is 0 Å². The molecule has 2 atom stereocenters. The highest BCUT2D eigenvalue weighted by Gasteiger charge is 2.30. The van der Waals surface area contributed by atoms with Crippen molar-refractivity contribution in [1.29, 1.82) is 0 Å². The Morgan fingerprint density at radius 3 is 2.75 bits per heavy atom. The summed E-state index contributed by atoms with van der Waals surface area (Å²) >= 11 is 0. The molecule has 2 unspecified atom stereocenters. The molecule has 0 spiro atoms. The lowest BCUT2D eigenvalue weighted by molar-refractivity contribution is 0.00564. The third-order valence-corrected chi connectivity index (χ3v) is 4.50. The first-order chi connectivity index (χ1) is 9.55. The molecule has 2 rings (SSSR count). The Kier molecular flexibility index (Phi) is 5.22. The first kappa shape index (κ1) is 15.5. The van der Waals surface area contributed by atoms with E-state index in [0.29, 0.717) is 6.04 Å². The smallest absolute Gasteiger partial charge is 0.0637 e. The second-order valence-electron chi connectivity index (χ2n) is 6.65. The maximum Gasteiger partial charge on any atom is 0.0637 e. The van der Waals surface area contributed by atoms with E-state index in [1.54, 1.807) is 5.56 Å². The van der Waals surface area contributed by atoms with E-state index in [1.807, 2.05) is 7.11 Å². The van der Waals surface area contributed by atoms with Crippen LogP contribution in [0.25, 0.3) is 0 Å². The Morgan fingerprint density at radius 2 is 2.10 bits per heavy atom. The van der Waals surface area contributed by atoms with E-state index in [-0.39, 0.29) is 5.60 Å². The molecule has 0 radical (unpaired) electrons. The van der Waals surface area contributed by atoms with Crippen molar-refractivity contribution in [3.8, 4) is 0 Å². The first-order valence-corrected chi connectivity index (χ1v) is 7.92. The molecule has 1 aromatic carbocycles. The molecule has 0 amide bonds. The number of methoxy groups -OCH3 is 1. The number of benzene rings is 1. The number of nitrogens with one attached hydrogen (secondary N) is 1. The Balaban J connectivity index is 1.95. The maximum atomic E-state index is 5.61. The molecular weight excluding hydrogens is 246 g/mol. The summed E-state index contributed by atoms with van der Waals surface area (Å²) < 4.78 is 5.61. The van der Waals surface area contributed by atoms with Crippen LogP contribution in [0, 0.1) is 0 Å². The topological polar surface area (TPSA) is 21.3 Å². The van der Waals surface area contributed by atoms with Gasteiger partial charge in [-0.3, -0.25) is 0 Å². The SMILES string of the molecule is CCCNC(CC1Cc2ccccc21)CC(C)(C)OC. The van der Waals surface area contributed by atoms with Gasteiger partial charge in [0.15, 0.2) is 0 Å². The zero-order valence-corrected chi connectivity index (χ0v) is 13.4. The average molecular weight is 275 g/mol. The van der Waals surface area contributed by atoms with Crippen molar-refractivity contribution in [3.63, 3.8) is 0 Å². The number of hydrogen-bond acceptors (Lipinski definition) is 2. The summed E-state index contributed by atoms with van der Waals surface area (Å²) in [6.07, 6.45) is 4.73. The lowest BCUT2D eigenvalue weighted by Crippen LogP contribution is -2.40. The van der Waals surface area contributed by atoms with Gasteiger partial charge in [0.2, 0.25) is 0 Å². The van der Waals surface area contributed by atoms with Crippen molar-refractivity contribution >= 4 is 0 Å². The molecule has 2 heteroatoms. The molecule has 0 bridgehead atoms. The minimum Gasteiger partial charge on any atom is -0.379 e. The highest BCUT2D eigenvalue weighted by atomic mass is 16.5. The molecule has 0 saturated carbocycles. The van der Waals surface area contributed by atoms with Gasteiger partial charge in [-0.15, -0.1) is 0 Å². The summed E-state index contributed by atoms with van der Waals surface area (Å²) in [7, 11) is 1.82. The number of rotatable bonds is 8. The van der Waals surface area contributed by atoms with Crippen LogP contribution in [0.4, 0.5) is 0 Å². The number of ether oxygens (including phenoxy) is 1. The molecule has 1 aliphatic rings. The highest BCUT2D eigenvalue weighted by Crippen LogP contribution is 2.39. The second-order valence-corrected chi connectivity index (χ2v) is 6.65. The Morgan fingerprint density at radius 1 is 1.35 bits per heavy atom. The molecule has 1 N–H and O–H groups in total. The van der Waals surface area contributed by atoms with E-state index < -0.39 is 0 Å². The lowest BCUT2D eigenvalue weighted by atomic mass is 9.73. The second kappa shape index (κ2) is 6.73. The quantitative estimate of drug-likeness (QED) is 0.777. The zero-order chi connectivity index (χ0) is 14.6. The lowest BCUT2D eigenvalue weighted by Gasteiger charge is -2.36. The van der Waals surface area contributed by atoms with E-state index >= 15 is 0 Å². The standard InChI is InChI=1S/C18H29NO/c1-5-10-19-16(13-18(2,3)20-4)12-15-11-14-8-6-7-9-17(14)15/h6-9,15-16,19H,5,10-13H2,1-4H3. The van der Waals surface area contributed by atoms with Crippen molar-refractivity contribution in [1.82, 2.24) is 5.32 Å². The van der Waals surface area contributed by atoms with Gasteiger partial charge in [0.05, 0.1) is 5.60 Å². The normalized spacial score (nSPS) is 19.3. The molecule has 0 saturated heterocycles. The van der Waals surface area contributed by atoms with Crippen LogP contribution in [0.2, 0.25) is 0 Å². The summed E-state index contributed by atoms with van der Waals surface area (Å²) in [4.78, 5) is 0. The molecule has 20 heavy (non-hydrogen) atoms. The van der Waals surface area contributed by atoms with E-state index in [9.17, 15) is 0 Å². The molecular formula is C18H29NO. The number of fused-ring (bicyclic) bond motifs is 1. The van der Waals surface area contributed by atoms with Crippen LogP contribution in [0.15, 0.2) is 24.3 Å². The van der Waals surface area contributed by atoms with Gasteiger partial charge in [-0.1, -0.05) is 31.2 Å². The molecule has 112 valence electrons. The fraction of sp³-hybridized carbons (Fsp3) is 0.667. The molecule has 1 aromatic rings. The Hall–Kier alpha value is -0.860. The van der Waals surface area contributed by atoms with Crippen LogP contribution in [-0.4, -0.2) is 25.3 Å². The predicted molar refractivity (Wildman–Crippen MR) is 85.3 cm³/mol. The van der Waals surface area contributed by atoms with Crippen LogP contribution in [0.5, 0.6) is 0 Å². The first-order valence-electron chi connectivity index (χ1n) is 7.92. The zero-order valence-electron chi connectivity index (χ0n) is 13.4. The van der Waals surface area contributed by atoms with Gasteiger partial charge >= 0.3 is 0 Å². The van der Waals surface area contributed by atoms with Crippen LogP contribution in [0.3, 0.4) is 0 Å². The minimum atomic E-state index is -0.0470. The van der Waals surface area contributed by atoms with Gasteiger partial charge in [-0.25, -0.2) is 0 Å². The molecule has 0 heterocycles. The van der Waals surface area contributed by atoms with Crippen molar-refractivity contribution in [2.24, 2.45) is 0 Å². The van der Waals surface area contributed by atoms with Crippen LogP contribution < -0.4 is 5.32 Å². The minimum absolute atomic E-state index is 0.0470. The average Bonchev–Trinajstić information content (AvgIpc) is 2.41. The fourth-order valence-electron chi connectivity index (χ4n) is 3.18. The fourth-order valence-corrected chi connectivity index (χ4v) is 3.18. The predicted octanol–water partition coefficient (Wildman–Crippen LogP) is 3.90. The van der Waals surface area contributed by atoms with Gasteiger partial charge in [0.25, 0.3) is 0 Å². The van der Waals surface area contributed by atoms with Gasteiger partial charge < -0.3 is 10.1 Å². The molecule has 1 aliphatic carbocycles. The highest BCUT2D eigenvalue weighted by molar-refractivity contribution is 5.39. The largest absolute Gasteiger partial charge is 0.379 e. The Labute approximate surface area is 123 Å². The van der Waals surface area contributed by atoms with E-state index in [4.69, 9.17) is 4.74 Å². The van der Waals surface area contributed by atoms with Gasteiger partial charge in [-0.2, -0.15) is 0 Å². The maximum absolute atomic E-state index is 5.61. The summed E-state index contributed by atoms with van der Waals surface area (Å²) in [6, 6.07) is 9.42. The molecule has 2 nitrogen and oxygen atoms in total. The van der Waals surface area contributed by atoms with E-state index in [0.717, 1.165) is 18.9 Å². The third kappa shape index (κ3) is 3.83. The summed E-state index contributed by atoms with van der Waals surface area (Å²) in [5, 5.41) is 3.71. The van der Waals surface area contributed by atoms with Crippen molar-refractivity contribution in [2.75, 3.05) is 13.7 Å². The van der Waals surface area contributed by atoms with Gasteiger partial charge in [-0.05, 0) is 63.1 Å². The van der Waals surface area contributed by atoms with E-state index in [1.165, 1.54) is 24.8 Å². The molecule has 0 aromatic heterocycles. The monoisotopic (exact) mass is 275 g/mol. The van der Waals surface area contributed by atoms with Crippen molar-refractivity contribution < 1.29 is 4.74 Å². The summed E-state index contributed by atoms with van der Waals surface area (Å²) in [5.41, 5.74) is 3.05. The van der Waals surface area contributed by atoms with Crippen molar-refractivity contribution in [2.45, 2.75) is 64.0 Å². The van der Waals surface area contributed by atoms with Crippen LogP contribution in [0.1, 0.15) is 57.1 Å². The van der Waals surface area contributed by atoms with Crippen molar-refractivity contribution in [3.05, 3.63) is 35.4 Å². The molecule has 0 aliphatic heterocycles. The molecule has 0 fully saturated rings. The third-order valence-electron chi connectivity index (χ3n) is 4.50.